The molecule has 21 heavy (non-hydrogen) atoms. The highest BCUT2D eigenvalue weighted by atomic mass is 35.5. The predicted molar refractivity (Wildman–Crippen MR) is 87.5 cm³/mol. The molecule has 1 atom stereocenters. The first kappa shape index (κ1) is 18.4. The highest BCUT2D eigenvalue weighted by Gasteiger charge is 2.36. The van der Waals surface area contributed by atoms with E-state index in [1.54, 1.807) is 6.07 Å². The van der Waals surface area contributed by atoms with Crippen LogP contribution >= 0.6 is 11.6 Å². The van der Waals surface area contributed by atoms with Crippen molar-refractivity contribution in [3.8, 4) is 0 Å². The summed E-state index contributed by atoms with van der Waals surface area (Å²) in [6.45, 7) is 9.93. The third-order valence-electron chi connectivity index (χ3n) is 4.14. The summed E-state index contributed by atoms with van der Waals surface area (Å²) >= 11 is 5.76. The lowest BCUT2D eigenvalue weighted by molar-refractivity contribution is -0.0715. The molecule has 0 saturated carbocycles. The minimum Gasteiger partial charge on any atom is -0.374 e. The average Bonchev–Trinajstić information content (AvgIpc) is 2.48. The number of hydrogen-bond donors (Lipinski definition) is 1. The zero-order chi connectivity index (χ0) is 15.9. The van der Waals surface area contributed by atoms with Crippen LogP contribution in [0.25, 0.3) is 0 Å². The molecule has 0 fully saturated rings. The van der Waals surface area contributed by atoms with Crippen molar-refractivity contribution in [2.45, 2.75) is 58.6 Å². The summed E-state index contributed by atoms with van der Waals surface area (Å²) in [5, 5.41) is 3.68. The lowest BCUT2D eigenvalue weighted by Gasteiger charge is -2.40. The summed E-state index contributed by atoms with van der Waals surface area (Å²) < 4.78 is 19.7. The summed E-state index contributed by atoms with van der Waals surface area (Å²) in [6, 6.07) is 5.18. The highest BCUT2D eigenvalue weighted by molar-refractivity contribution is 6.30. The van der Waals surface area contributed by atoms with Gasteiger partial charge in [0.1, 0.15) is 5.82 Å². The first-order valence-electron chi connectivity index (χ1n) is 7.84. The Labute approximate surface area is 133 Å². The molecule has 0 saturated heterocycles. The van der Waals surface area contributed by atoms with E-state index in [0.29, 0.717) is 6.61 Å². The molecule has 0 amide bonds. The van der Waals surface area contributed by atoms with Crippen molar-refractivity contribution in [3.63, 3.8) is 0 Å². The number of hydrogen-bond acceptors (Lipinski definition) is 2. The quantitative estimate of drug-likeness (QED) is 0.719. The Balaban J connectivity index is 3.01. The second-order valence-corrected chi connectivity index (χ2v) is 5.67. The molecule has 0 spiro atoms. The zero-order valence-electron chi connectivity index (χ0n) is 13.5. The van der Waals surface area contributed by atoms with Gasteiger partial charge >= 0.3 is 0 Å². The summed E-state index contributed by atoms with van der Waals surface area (Å²) in [5.74, 6) is -0.362. The molecule has 0 aliphatic rings. The van der Waals surface area contributed by atoms with Crippen LogP contribution in [0, 0.1) is 5.82 Å². The lowest BCUT2D eigenvalue weighted by Crippen LogP contribution is -2.53. The van der Waals surface area contributed by atoms with Crippen LogP contribution in [-0.2, 0) is 11.2 Å². The Morgan fingerprint density at radius 3 is 2.38 bits per heavy atom. The fraction of sp³-hybridized carbons (Fsp3) is 0.647. The minimum atomic E-state index is -0.362. The lowest BCUT2D eigenvalue weighted by atomic mass is 9.84. The maximum Gasteiger partial charge on any atom is 0.142 e. The molecule has 4 heteroatoms. The van der Waals surface area contributed by atoms with Crippen molar-refractivity contribution < 1.29 is 9.13 Å². The van der Waals surface area contributed by atoms with Crippen molar-refractivity contribution >= 4 is 11.6 Å². The van der Waals surface area contributed by atoms with Crippen LogP contribution < -0.4 is 5.32 Å². The molecule has 1 aromatic carbocycles. The Bertz CT molecular complexity index is 435. The monoisotopic (exact) mass is 315 g/mol. The van der Waals surface area contributed by atoms with Crippen molar-refractivity contribution in [1.82, 2.24) is 5.32 Å². The number of likely N-dealkylation sites (N-methyl/N-ethyl adjacent to an activating group) is 1. The van der Waals surface area contributed by atoms with Gasteiger partial charge in [-0.05, 0) is 50.4 Å². The second kappa shape index (κ2) is 8.72. The molecular formula is C17H27ClFNO. The molecular weight excluding hydrogens is 289 g/mol. The van der Waals surface area contributed by atoms with Gasteiger partial charge in [0.2, 0.25) is 0 Å². The Morgan fingerprint density at radius 1 is 1.24 bits per heavy atom. The zero-order valence-corrected chi connectivity index (χ0v) is 14.3. The van der Waals surface area contributed by atoms with Crippen LogP contribution in [-0.4, -0.2) is 24.8 Å². The van der Waals surface area contributed by atoms with E-state index in [1.807, 2.05) is 13.0 Å². The van der Waals surface area contributed by atoms with Crippen LogP contribution in [0.5, 0.6) is 0 Å². The van der Waals surface area contributed by atoms with E-state index in [9.17, 15) is 4.39 Å². The largest absolute Gasteiger partial charge is 0.374 e. The number of benzene rings is 1. The second-order valence-electron chi connectivity index (χ2n) is 5.27. The SMILES string of the molecule is CCNC(Cc1ccc(Cl)c(F)c1)C(CC)(CC)OCC. The van der Waals surface area contributed by atoms with Crippen molar-refractivity contribution in [3.05, 3.63) is 34.6 Å². The van der Waals surface area contributed by atoms with Crippen LogP contribution in [0.3, 0.4) is 0 Å². The number of ether oxygens (including phenoxy) is 1. The van der Waals surface area contributed by atoms with E-state index in [0.717, 1.165) is 31.4 Å². The van der Waals surface area contributed by atoms with E-state index < -0.39 is 0 Å². The Hall–Kier alpha value is -0.640. The van der Waals surface area contributed by atoms with Crippen LogP contribution in [0.2, 0.25) is 5.02 Å². The van der Waals surface area contributed by atoms with Gasteiger partial charge in [0.05, 0.1) is 10.6 Å². The molecule has 120 valence electrons. The molecule has 0 aliphatic heterocycles. The fourth-order valence-corrected chi connectivity index (χ4v) is 3.05. The first-order chi connectivity index (χ1) is 10.0. The highest BCUT2D eigenvalue weighted by Crippen LogP contribution is 2.28. The smallest absolute Gasteiger partial charge is 0.142 e. The standard InChI is InChI=1S/C17H27ClFNO/c1-5-17(6-2,21-8-4)16(20-7-3)12-13-9-10-14(18)15(19)11-13/h9-11,16,20H,5-8,12H2,1-4H3. The van der Waals surface area contributed by atoms with Gasteiger partial charge < -0.3 is 10.1 Å². The van der Waals surface area contributed by atoms with Crippen molar-refractivity contribution in [2.75, 3.05) is 13.2 Å². The van der Waals surface area contributed by atoms with Crippen molar-refractivity contribution in [1.29, 1.82) is 0 Å². The molecule has 1 unspecified atom stereocenters. The third-order valence-corrected chi connectivity index (χ3v) is 4.44. The average molecular weight is 316 g/mol. The molecule has 2 nitrogen and oxygen atoms in total. The number of nitrogens with one attached hydrogen (secondary N) is 1. The molecule has 0 aromatic heterocycles. The molecule has 1 aromatic rings. The van der Waals surface area contributed by atoms with Gasteiger partial charge in [-0.15, -0.1) is 0 Å². The maximum atomic E-state index is 13.6. The third kappa shape index (κ3) is 4.67. The van der Waals surface area contributed by atoms with Gasteiger partial charge in [-0.3, -0.25) is 0 Å². The normalized spacial score (nSPS) is 13.4. The topological polar surface area (TPSA) is 21.3 Å². The van der Waals surface area contributed by atoms with Crippen LogP contribution in [0.1, 0.15) is 46.1 Å². The first-order valence-corrected chi connectivity index (χ1v) is 8.22. The van der Waals surface area contributed by atoms with Gasteiger partial charge in [0.25, 0.3) is 0 Å². The molecule has 1 rings (SSSR count). The van der Waals surface area contributed by atoms with Crippen LogP contribution in [0.15, 0.2) is 18.2 Å². The summed E-state index contributed by atoms with van der Waals surface area (Å²) in [6.07, 6.45) is 2.57. The van der Waals surface area contributed by atoms with E-state index in [-0.39, 0.29) is 22.5 Å². The molecule has 0 bridgehead atoms. The summed E-state index contributed by atoms with van der Waals surface area (Å²) in [5.41, 5.74) is 0.717. The maximum absolute atomic E-state index is 13.6. The number of rotatable bonds is 9. The van der Waals surface area contributed by atoms with Gasteiger partial charge in [-0.1, -0.05) is 38.4 Å². The minimum absolute atomic E-state index is 0.151. The van der Waals surface area contributed by atoms with Crippen LogP contribution in [0.4, 0.5) is 4.39 Å². The van der Waals surface area contributed by atoms with Gasteiger partial charge in [-0.25, -0.2) is 4.39 Å². The number of halogens is 2. The van der Waals surface area contributed by atoms with E-state index >= 15 is 0 Å². The van der Waals surface area contributed by atoms with E-state index in [1.165, 1.54) is 6.07 Å². The van der Waals surface area contributed by atoms with Gasteiger partial charge in [-0.2, -0.15) is 0 Å². The Morgan fingerprint density at radius 2 is 1.90 bits per heavy atom. The summed E-state index contributed by atoms with van der Waals surface area (Å²) in [7, 11) is 0. The molecule has 0 heterocycles. The van der Waals surface area contributed by atoms with Gasteiger partial charge in [0.15, 0.2) is 0 Å². The molecule has 0 aliphatic carbocycles. The summed E-state index contributed by atoms with van der Waals surface area (Å²) in [4.78, 5) is 0. The van der Waals surface area contributed by atoms with Crippen molar-refractivity contribution in [2.24, 2.45) is 0 Å². The fourth-order valence-electron chi connectivity index (χ4n) is 2.93. The Kier molecular flexibility index (Phi) is 7.64. The van der Waals surface area contributed by atoms with Gasteiger partial charge in [0, 0.05) is 12.6 Å². The molecule has 0 radical (unpaired) electrons. The predicted octanol–water partition coefficient (Wildman–Crippen LogP) is 4.60. The van der Waals surface area contributed by atoms with E-state index in [4.69, 9.17) is 16.3 Å². The van der Waals surface area contributed by atoms with E-state index in [2.05, 4.69) is 26.1 Å². The molecule has 1 N–H and O–H groups in total.